The second-order valence-electron chi connectivity index (χ2n) is 5.15. The van der Waals surface area contributed by atoms with E-state index in [0.29, 0.717) is 18.2 Å². The second-order valence-corrected chi connectivity index (χ2v) is 5.15. The van der Waals surface area contributed by atoms with Crippen LogP contribution >= 0.6 is 0 Å². The van der Waals surface area contributed by atoms with E-state index in [1.165, 1.54) is 4.68 Å². The second kappa shape index (κ2) is 7.04. The van der Waals surface area contributed by atoms with Crippen molar-refractivity contribution in [2.24, 2.45) is 11.7 Å². The average Bonchev–Trinajstić information content (AvgIpc) is 2.84. The molecule has 1 aromatic rings. The fourth-order valence-electron chi connectivity index (χ4n) is 2.39. The van der Waals surface area contributed by atoms with Gasteiger partial charge in [-0.1, -0.05) is 0 Å². The lowest BCUT2D eigenvalue weighted by molar-refractivity contribution is -0.118. The molecule has 1 aliphatic heterocycles. The zero-order valence-corrected chi connectivity index (χ0v) is 11.5. The SMILES string of the molecule is NC(=O)Cn1ccc(NC(=O)CCC2CCNCC2)n1. The summed E-state index contributed by atoms with van der Waals surface area (Å²) in [5.41, 5.74) is 5.07. The molecule has 0 spiro atoms. The van der Waals surface area contributed by atoms with Gasteiger partial charge in [0.05, 0.1) is 0 Å². The topological polar surface area (TPSA) is 102 Å². The van der Waals surface area contributed by atoms with Crippen LogP contribution in [0.2, 0.25) is 0 Å². The summed E-state index contributed by atoms with van der Waals surface area (Å²) in [5, 5.41) is 10.1. The van der Waals surface area contributed by atoms with E-state index in [1.807, 2.05) is 0 Å². The quantitative estimate of drug-likeness (QED) is 0.686. The Balaban J connectivity index is 1.73. The number of primary amides is 1. The summed E-state index contributed by atoms with van der Waals surface area (Å²) >= 11 is 0. The number of rotatable bonds is 6. The molecule has 7 nitrogen and oxygen atoms in total. The van der Waals surface area contributed by atoms with Crippen LogP contribution in [0.15, 0.2) is 12.3 Å². The number of carbonyl (C=O) groups is 2. The van der Waals surface area contributed by atoms with Crippen molar-refractivity contribution in [2.75, 3.05) is 18.4 Å². The molecule has 20 heavy (non-hydrogen) atoms. The molecule has 0 aliphatic carbocycles. The van der Waals surface area contributed by atoms with Gasteiger partial charge in [0.1, 0.15) is 6.54 Å². The van der Waals surface area contributed by atoms with Crippen LogP contribution in [0.25, 0.3) is 0 Å². The lowest BCUT2D eigenvalue weighted by Gasteiger charge is -2.21. The minimum Gasteiger partial charge on any atom is -0.368 e. The van der Waals surface area contributed by atoms with Crippen LogP contribution in [0.4, 0.5) is 5.82 Å². The predicted molar refractivity (Wildman–Crippen MR) is 74.9 cm³/mol. The van der Waals surface area contributed by atoms with E-state index in [1.54, 1.807) is 12.3 Å². The van der Waals surface area contributed by atoms with Gasteiger partial charge in [-0.3, -0.25) is 14.3 Å². The molecule has 0 saturated carbocycles. The van der Waals surface area contributed by atoms with Gasteiger partial charge in [0.15, 0.2) is 5.82 Å². The van der Waals surface area contributed by atoms with E-state index < -0.39 is 5.91 Å². The summed E-state index contributed by atoms with van der Waals surface area (Å²) in [5.74, 6) is 0.598. The molecule has 0 atom stereocenters. The van der Waals surface area contributed by atoms with Crippen molar-refractivity contribution in [2.45, 2.75) is 32.2 Å². The molecular weight excluding hydrogens is 258 g/mol. The summed E-state index contributed by atoms with van der Waals surface area (Å²) in [6, 6.07) is 1.66. The number of hydrogen-bond acceptors (Lipinski definition) is 4. The highest BCUT2D eigenvalue weighted by Crippen LogP contribution is 2.18. The van der Waals surface area contributed by atoms with Crippen LogP contribution in [0, 0.1) is 5.92 Å². The predicted octanol–water partition coefficient (Wildman–Crippen LogP) is 0.0867. The number of amides is 2. The molecule has 2 heterocycles. The molecule has 1 fully saturated rings. The van der Waals surface area contributed by atoms with Gasteiger partial charge in [-0.25, -0.2) is 0 Å². The maximum Gasteiger partial charge on any atom is 0.239 e. The molecule has 1 aliphatic rings. The maximum absolute atomic E-state index is 11.8. The van der Waals surface area contributed by atoms with Gasteiger partial charge in [-0.15, -0.1) is 0 Å². The zero-order valence-electron chi connectivity index (χ0n) is 11.5. The van der Waals surface area contributed by atoms with E-state index in [-0.39, 0.29) is 12.5 Å². The Bertz CT molecular complexity index is 465. The molecule has 0 unspecified atom stereocenters. The molecule has 0 aromatic carbocycles. The van der Waals surface area contributed by atoms with Crippen LogP contribution in [-0.2, 0) is 16.1 Å². The number of hydrogen-bond donors (Lipinski definition) is 3. The molecule has 2 amide bonds. The zero-order chi connectivity index (χ0) is 14.4. The first-order chi connectivity index (χ1) is 9.63. The highest BCUT2D eigenvalue weighted by atomic mass is 16.2. The van der Waals surface area contributed by atoms with Gasteiger partial charge < -0.3 is 16.4 Å². The standard InChI is InChI=1S/C13H21N5O2/c14-11(19)9-18-8-5-12(17-18)16-13(20)2-1-10-3-6-15-7-4-10/h5,8,10,15H,1-4,6-7,9H2,(H2,14,19)(H,16,17,20). The van der Waals surface area contributed by atoms with Gasteiger partial charge in [-0.05, 0) is 38.3 Å². The number of anilines is 1. The third-order valence-electron chi connectivity index (χ3n) is 3.46. The Morgan fingerprint density at radius 2 is 2.20 bits per heavy atom. The monoisotopic (exact) mass is 279 g/mol. The minimum atomic E-state index is -0.461. The van der Waals surface area contributed by atoms with Gasteiger partial charge in [0.25, 0.3) is 0 Å². The Hall–Kier alpha value is -1.89. The summed E-state index contributed by atoms with van der Waals surface area (Å²) in [6.45, 7) is 2.11. The van der Waals surface area contributed by atoms with Crippen LogP contribution in [0.3, 0.4) is 0 Å². The van der Waals surface area contributed by atoms with Crippen LogP contribution < -0.4 is 16.4 Å². The Kier molecular flexibility index (Phi) is 5.11. The van der Waals surface area contributed by atoms with Crippen molar-refractivity contribution in [3.8, 4) is 0 Å². The summed E-state index contributed by atoms with van der Waals surface area (Å²) < 4.78 is 1.41. The first-order valence-electron chi connectivity index (χ1n) is 6.96. The number of nitrogens with zero attached hydrogens (tertiary/aromatic N) is 2. The van der Waals surface area contributed by atoms with Gasteiger partial charge in [0, 0.05) is 18.7 Å². The fourth-order valence-corrected chi connectivity index (χ4v) is 2.39. The number of nitrogens with two attached hydrogens (primary N) is 1. The molecule has 110 valence electrons. The van der Waals surface area contributed by atoms with E-state index in [2.05, 4.69) is 15.7 Å². The molecular formula is C13H21N5O2. The van der Waals surface area contributed by atoms with E-state index in [0.717, 1.165) is 32.4 Å². The summed E-state index contributed by atoms with van der Waals surface area (Å²) in [4.78, 5) is 22.6. The largest absolute Gasteiger partial charge is 0.368 e. The van der Waals surface area contributed by atoms with Crippen molar-refractivity contribution in [3.05, 3.63) is 12.3 Å². The third-order valence-corrected chi connectivity index (χ3v) is 3.46. The van der Waals surface area contributed by atoms with E-state index in [9.17, 15) is 9.59 Å². The Labute approximate surface area is 117 Å². The van der Waals surface area contributed by atoms with E-state index >= 15 is 0 Å². The van der Waals surface area contributed by atoms with Gasteiger partial charge >= 0.3 is 0 Å². The van der Waals surface area contributed by atoms with E-state index in [4.69, 9.17) is 5.73 Å². The van der Waals surface area contributed by atoms with Crippen molar-refractivity contribution >= 4 is 17.6 Å². The fraction of sp³-hybridized carbons (Fsp3) is 0.615. The van der Waals surface area contributed by atoms with Gasteiger partial charge in [-0.2, -0.15) is 5.10 Å². The normalized spacial score (nSPS) is 16.0. The number of nitrogens with one attached hydrogen (secondary N) is 2. The van der Waals surface area contributed by atoms with Crippen LogP contribution in [0.5, 0.6) is 0 Å². The molecule has 7 heteroatoms. The van der Waals surface area contributed by atoms with Crippen LogP contribution in [-0.4, -0.2) is 34.7 Å². The smallest absolute Gasteiger partial charge is 0.239 e. The molecule has 1 aromatic heterocycles. The lowest BCUT2D eigenvalue weighted by Crippen LogP contribution is -2.28. The minimum absolute atomic E-state index is 0.0188. The summed E-state index contributed by atoms with van der Waals surface area (Å²) in [6.07, 6.45) is 5.32. The molecule has 1 saturated heterocycles. The first kappa shape index (κ1) is 14.5. The number of carbonyl (C=O) groups excluding carboxylic acids is 2. The Morgan fingerprint density at radius 1 is 1.45 bits per heavy atom. The average molecular weight is 279 g/mol. The molecule has 0 bridgehead atoms. The maximum atomic E-state index is 11.8. The van der Waals surface area contributed by atoms with Crippen molar-refractivity contribution in [3.63, 3.8) is 0 Å². The molecule has 0 radical (unpaired) electrons. The summed E-state index contributed by atoms with van der Waals surface area (Å²) in [7, 11) is 0. The van der Waals surface area contributed by atoms with Crippen LogP contribution in [0.1, 0.15) is 25.7 Å². The Morgan fingerprint density at radius 3 is 2.90 bits per heavy atom. The van der Waals surface area contributed by atoms with Crippen molar-refractivity contribution in [1.82, 2.24) is 15.1 Å². The number of aromatic nitrogens is 2. The van der Waals surface area contributed by atoms with Crippen molar-refractivity contribution < 1.29 is 9.59 Å². The first-order valence-corrected chi connectivity index (χ1v) is 6.96. The third kappa shape index (κ3) is 4.65. The number of piperidine rings is 1. The lowest BCUT2D eigenvalue weighted by atomic mass is 9.93. The van der Waals surface area contributed by atoms with Crippen molar-refractivity contribution in [1.29, 1.82) is 0 Å². The van der Waals surface area contributed by atoms with Gasteiger partial charge in [0.2, 0.25) is 11.8 Å². The molecule has 2 rings (SSSR count). The highest BCUT2D eigenvalue weighted by molar-refractivity contribution is 5.89. The highest BCUT2D eigenvalue weighted by Gasteiger charge is 2.15. The molecule has 4 N–H and O–H groups in total.